The van der Waals surface area contributed by atoms with Gasteiger partial charge in [0.25, 0.3) is 5.91 Å². The molecule has 0 radical (unpaired) electrons. The van der Waals surface area contributed by atoms with Crippen LogP contribution in [0.3, 0.4) is 0 Å². The molecule has 0 fully saturated rings. The summed E-state index contributed by atoms with van der Waals surface area (Å²) in [6.07, 6.45) is 3.52. The summed E-state index contributed by atoms with van der Waals surface area (Å²) >= 11 is 0. The van der Waals surface area contributed by atoms with Crippen molar-refractivity contribution in [3.05, 3.63) is 66.2 Å². The topological polar surface area (TPSA) is 80.0 Å². The Hall–Kier alpha value is -3.15. The van der Waals surface area contributed by atoms with E-state index in [1.165, 1.54) is 0 Å². The Morgan fingerprint density at radius 1 is 1.17 bits per heavy atom. The van der Waals surface area contributed by atoms with Crippen LogP contribution in [0.1, 0.15) is 16.1 Å². The molecule has 1 aromatic carbocycles. The number of hydrogen-bond acceptors (Lipinski definition) is 5. The fraction of sp³-hybridized carbons (Fsp3) is 0.167. The van der Waals surface area contributed by atoms with Crippen molar-refractivity contribution < 1.29 is 9.32 Å². The largest absolute Gasteiger partial charge is 0.383 e. The molecule has 0 aliphatic heterocycles. The number of benzene rings is 1. The molecule has 2 N–H and O–H groups in total. The second-order valence-electron chi connectivity index (χ2n) is 5.32. The molecule has 1 amide bonds. The molecular weight excluding hydrogens is 304 g/mol. The Bertz CT molecular complexity index is 815. The predicted octanol–water partition coefficient (Wildman–Crippen LogP) is 2.89. The van der Waals surface area contributed by atoms with E-state index in [0.717, 1.165) is 16.8 Å². The van der Waals surface area contributed by atoms with Crippen LogP contribution in [0.15, 0.2) is 59.4 Å². The van der Waals surface area contributed by atoms with E-state index >= 15 is 0 Å². The molecule has 0 spiro atoms. The van der Waals surface area contributed by atoms with Crippen molar-refractivity contribution in [1.82, 2.24) is 15.5 Å². The van der Waals surface area contributed by atoms with Crippen LogP contribution in [0.25, 0.3) is 11.3 Å². The number of carbonyl (C=O) groups is 1. The van der Waals surface area contributed by atoms with Gasteiger partial charge in [-0.2, -0.15) is 0 Å². The number of nitrogens with one attached hydrogen (secondary N) is 2. The highest BCUT2D eigenvalue weighted by Crippen LogP contribution is 2.18. The van der Waals surface area contributed by atoms with Crippen molar-refractivity contribution in [1.29, 1.82) is 0 Å². The number of nitrogens with zero attached hydrogens (tertiary/aromatic N) is 2. The molecule has 3 rings (SSSR count). The van der Waals surface area contributed by atoms with Crippen LogP contribution in [0, 0.1) is 6.92 Å². The molecule has 24 heavy (non-hydrogen) atoms. The summed E-state index contributed by atoms with van der Waals surface area (Å²) in [6, 6.07) is 13.1. The van der Waals surface area contributed by atoms with Gasteiger partial charge in [0.15, 0.2) is 0 Å². The highest BCUT2D eigenvalue weighted by molar-refractivity contribution is 5.92. The minimum atomic E-state index is -0.280. The van der Waals surface area contributed by atoms with Gasteiger partial charge >= 0.3 is 0 Å². The zero-order chi connectivity index (χ0) is 16.8. The molecule has 2 aromatic heterocycles. The lowest BCUT2D eigenvalue weighted by Crippen LogP contribution is -2.28. The summed E-state index contributed by atoms with van der Waals surface area (Å²) in [5.74, 6) is -0.0770. The Morgan fingerprint density at radius 3 is 2.79 bits per heavy atom. The number of aryl methyl sites for hydroxylation is 1. The Labute approximate surface area is 139 Å². The lowest BCUT2D eigenvalue weighted by Gasteiger charge is -2.08. The fourth-order valence-corrected chi connectivity index (χ4v) is 2.26. The van der Waals surface area contributed by atoms with Crippen LogP contribution < -0.4 is 10.6 Å². The minimum absolute atomic E-state index is 0.203. The molecule has 6 nitrogen and oxygen atoms in total. The third-order valence-electron chi connectivity index (χ3n) is 3.55. The monoisotopic (exact) mass is 322 g/mol. The van der Waals surface area contributed by atoms with Crippen molar-refractivity contribution in [3.63, 3.8) is 0 Å². The first-order chi connectivity index (χ1) is 11.7. The van der Waals surface area contributed by atoms with Gasteiger partial charge in [-0.3, -0.25) is 9.78 Å². The first-order valence-electron chi connectivity index (χ1n) is 7.69. The highest BCUT2D eigenvalue weighted by Gasteiger charge is 2.13. The van der Waals surface area contributed by atoms with Crippen LogP contribution in [0.2, 0.25) is 0 Å². The van der Waals surface area contributed by atoms with Crippen molar-refractivity contribution in [2.75, 3.05) is 18.4 Å². The van der Waals surface area contributed by atoms with Crippen LogP contribution in [-0.2, 0) is 0 Å². The molecular formula is C18H18N4O2. The van der Waals surface area contributed by atoms with E-state index in [1.54, 1.807) is 18.5 Å². The third kappa shape index (κ3) is 3.78. The number of aromatic nitrogens is 2. The maximum atomic E-state index is 12.1. The molecule has 2 heterocycles. The first-order valence-corrected chi connectivity index (χ1v) is 7.69. The van der Waals surface area contributed by atoms with E-state index in [4.69, 9.17) is 4.52 Å². The van der Waals surface area contributed by atoms with Crippen LogP contribution in [-0.4, -0.2) is 29.1 Å². The van der Waals surface area contributed by atoms with E-state index in [9.17, 15) is 4.79 Å². The van der Waals surface area contributed by atoms with Gasteiger partial charge in [-0.15, -0.1) is 0 Å². The maximum absolute atomic E-state index is 12.1. The molecule has 122 valence electrons. The molecule has 0 bridgehead atoms. The van der Waals surface area contributed by atoms with Gasteiger partial charge < -0.3 is 15.2 Å². The summed E-state index contributed by atoms with van der Waals surface area (Å²) < 4.78 is 5.12. The van der Waals surface area contributed by atoms with Crippen molar-refractivity contribution in [2.45, 2.75) is 6.92 Å². The lowest BCUT2D eigenvalue weighted by atomic mass is 10.1. The summed E-state index contributed by atoms with van der Waals surface area (Å²) in [5.41, 5.74) is 3.62. The second-order valence-corrected chi connectivity index (χ2v) is 5.32. The highest BCUT2D eigenvalue weighted by atomic mass is 16.5. The smallest absolute Gasteiger partial charge is 0.289 e. The van der Waals surface area contributed by atoms with Gasteiger partial charge in [-0.1, -0.05) is 35.5 Å². The third-order valence-corrected chi connectivity index (χ3v) is 3.55. The standard InChI is InChI=1S/C18H18N4O2/c1-13-12-19-8-7-15(13)20-9-10-21-18(23)17-11-16(22-24-17)14-5-3-2-4-6-14/h2-8,11-12H,9-10H2,1H3,(H,19,20)(H,21,23). The van der Waals surface area contributed by atoms with Crippen LogP contribution >= 0.6 is 0 Å². The fourth-order valence-electron chi connectivity index (χ4n) is 2.26. The van der Waals surface area contributed by atoms with Gasteiger partial charge in [0.2, 0.25) is 5.76 Å². The van der Waals surface area contributed by atoms with Gasteiger partial charge in [-0.05, 0) is 18.6 Å². The number of hydrogen-bond donors (Lipinski definition) is 2. The lowest BCUT2D eigenvalue weighted by molar-refractivity contribution is 0.0918. The average Bonchev–Trinajstić information content (AvgIpc) is 3.11. The summed E-state index contributed by atoms with van der Waals surface area (Å²) in [7, 11) is 0. The zero-order valence-electron chi connectivity index (χ0n) is 13.3. The molecule has 0 aliphatic carbocycles. The van der Waals surface area contributed by atoms with Crippen molar-refractivity contribution >= 4 is 11.6 Å². The zero-order valence-corrected chi connectivity index (χ0v) is 13.3. The molecule has 0 saturated heterocycles. The molecule has 6 heteroatoms. The number of anilines is 1. The summed E-state index contributed by atoms with van der Waals surface area (Å²) in [5, 5.41) is 9.99. The number of rotatable bonds is 6. The van der Waals surface area contributed by atoms with E-state index in [-0.39, 0.29) is 11.7 Å². The minimum Gasteiger partial charge on any atom is -0.383 e. The Balaban J connectivity index is 1.51. The van der Waals surface area contributed by atoms with Gasteiger partial charge in [0, 0.05) is 42.8 Å². The van der Waals surface area contributed by atoms with Crippen molar-refractivity contribution in [2.24, 2.45) is 0 Å². The number of amides is 1. The van der Waals surface area contributed by atoms with E-state index in [1.807, 2.05) is 43.3 Å². The number of carbonyl (C=O) groups excluding carboxylic acids is 1. The summed E-state index contributed by atoms with van der Waals surface area (Å²) in [4.78, 5) is 16.1. The van der Waals surface area contributed by atoms with Crippen LogP contribution in [0.4, 0.5) is 5.69 Å². The van der Waals surface area contributed by atoms with Gasteiger partial charge in [0.1, 0.15) is 5.69 Å². The molecule has 0 aliphatic rings. The van der Waals surface area contributed by atoms with Crippen LogP contribution in [0.5, 0.6) is 0 Å². The first kappa shape index (κ1) is 15.7. The van der Waals surface area contributed by atoms with Gasteiger partial charge in [-0.25, -0.2) is 0 Å². The molecule has 0 saturated carbocycles. The van der Waals surface area contributed by atoms with Gasteiger partial charge in [0.05, 0.1) is 0 Å². The summed E-state index contributed by atoms with van der Waals surface area (Å²) in [6.45, 7) is 3.06. The average molecular weight is 322 g/mol. The predicted molar refractivity (Wildman–Crippen MR) is 91.7 cm³/mol. The van der Waals surface area contributed by atoms with E-state index in [2.05, 4.69) is 20.8 Å². The SMILES string of the molecule is Cc1cnccc1NCCNC(=O)c1cc(-c2ccccc2)no1. The molecule has 0 atom stereocenters. The normalized spacial score (nSPS) is 10.4. The van der Waals surface area contributed by atoms with E-state index < -0.39 is 0 Å². The second kappa shape index (κ2) is 7.41. The Morgan fingerprint density at radius 2 is 2.00 bits per heavy atom. The maximum Gasteiger partial charge on any atom is 0.289 e. The van der Waals surface area contributed by atoms with E-state index in [0.29, 0.717) is 18.8 Å². The van der Waals surface area contributed by atoms with Crippen molar-refractivity contribution in [3.8, 4) is 11.3 Å². The quantitative estimate of drug-likeness (QED) is 0.682. The number of pyridine rings is 1. The molecule has 3 aromatic rings. The Kier molecular flexibility index (Phi) is 4.86. The molecule has 0 unspecified atom stereocenters.